The van der Waals surface area contributed by atoms with Crippen LogP contribution in [0, 0.1) is 0 Å². The molecule has 150 valence electrons. The molecule has 2 N–H and O–H groups in total. The number of aromatic amines is 1. The average Bonchev–Trinajstić information content (AvgIpc) is 3.24. The van der Waals surface area contributed by atoms with E-state index in [1.54, 1.807) is 11.8 Å². The van der Waals surface area contributed by atoms with Crippen molar-refractivity contribution in [3.05, 3.63) is 83.3 Å². The summed E-state index contributed by atoms with van der Waals surface area (Å²) in [6, 6.07) is 25.7. The number of halogens is 1. The van der Waals surface area contributed by atoms with Gasteiger partial charge in [0.05, 0.1) is 11.4 Å². The van der Waals surface area contributed by atoms with E-state index in [-0.39, 0.29) is 11.7 Å². The van der Waals surface area contributed by atoms with Crippen molar-refractivity contribution in [1.82, 2.24) is 15.2 Å². The van der Waals surface area contributed by atoms with Crippen molar-refractivity contribution in [3.8, 4) is 11.4 Å². The minimum absolute atomic E-state index is 0.101. The lowest BCUT2D eigenvalue weighted by atomic mass is 10.2. The standard InChI is InChI=1S/C22H17BrN4OS2/c23-16-12-10-15(11-13-16)21-25-22(27-26-21)29-14-20(28)24-18-8-4-5-9-19(18)30-17-6-2-1-3-7-17/h1-13H,14H2,(H,24,28)(H,25,26,27). The van der Waals surface area contributed by atoms with Crippen molar-refractivity contribution < 1.29 is 4.79 Å². The van der Waals surface area contributed by atoms with Crippen molar-refractivity contribution in [3.63, 3.8) is 0 Å². The van der Waals surface area contributed by atoms with Gasteiger partial charge in [0.25, 0.3) is 0 Å². The third kappa shape index (κ3) is 5.53. The number of rotatable bonds is 7. The number of hydrogen-bond donors (Lipinski definition) is 2. The van der Waals surface area contributed by atoms with Gasteiger partial charge >= 0.3 is 0 Å². The quantitative estimate of drug-likeness (QED) is 0.301. The molecule has 0 saturated carbocycles. The summed E-state index contributed by atoms with van der Waals surface area (Å²) in [5, 5.41) is 10.6. The third-order valence-corrected chi connectivity index (χ3v) is 6.51. The molecule has 1 heterocycles. The summed E-state index contributed by atoms with van der Waals surface area (Å²) in [5.74, 6) is 0.799. The number of benzene rings is 3. The molecule has 0 aliphatic heterocycles. The van der Waals surface area contributed by atoms with Gasteiger partial charge in [0.15, 0.2) is 5.82 Å². The highest BCUT2D eigenvalue weighted by molar-refractivity contribution is 9.10. The summed E-state index contributed by atoms with van der Waals surface area (Å²) in [6.45, 7) is 0. The fourth-order valence-corrected chi connectivity index (χ4v) is 4.42. The Hall–Kier alpha value is -2.55. The lowest BCUT2D eigenvalue weighted by Gasteiger charge is -2.10. The molecule has 0 spiro atoms. The number of nitrogens with zero attached hydrogens (tertiary/aromatic N) is 2. The molecular formula is C22H17BrN4OS2. The van der Waals surface area contributed by atoms with Crippen LogP contribution < -0.4 is 5.32 Å². The fourth-order valence-electron chi connectivity index (χ4n) is 2.64. The van der Waals surface area contributed by atoms with Gasteiger partial charge in [0.2, 0.25) is 11.1 Å². The number of amides is 1. The first-order valence-corrected chi connectivity index (χ1v) is 11.7. The SMILES string of the molecule is O=C(CSc1n[nH]c(-c2ccc(Br)cc2)n1)Nc1ccccc1Sc1ccccc1. The summed E-state index contributed by atoms with van der Waals surface area (Å²) in [4.78, 5) is 19.1. The summed E-state index contributed by atoms with van der Waals surface area (Å²) >= 11 is 6.33. The van der Waals surface area contributed by atoms with Crippen LogP contribution in [-0.2, 0) is 4.79 Å². The molecule has 0 unspecified atom stereocenters. The van der Waals surface area contributed by atoms with Gasteiger partial charge in [-0.15, -0.1) is 5.10 Å². The molecule has 4 aromatic rings. The lowest BCUT2D eigenvalue weighted by molar-refractivity contribution is -0.113. The predicted molar refractivity (Wildman–Crippen MR) is 126 cm³/mol. The number of H-pyrrole nitrogens is 1. The van der Waals surface area contributed by atoms with E-state index >= 15 is 0 Å². The van der Waals surface area contributed by atoms with E-state index in [0.717, 1.165) is 25.5 Å². The molecule has 0 bridgehead atoms. The van der Waals surface area contributed by atoms with Gasteiger partial charge in [-0.1, -0.05) is 81.9 Å². The molecule has 0 saturated heterocycles. The van der Waals surface area contributed by atoms with Gasteiger partial charge in [0.1, 0.15) is 0 Å². The molecule has 3 aromatic carbocycles. The molecule has 4 rings (SSSR count). The number of thioether (sulfide) groups is 1. The van der Waals surface area contributed by atoms with Crippen LogP contribution in [0.1, 0.15) is 0 Å². The third-order valence-electron chi connectivity index (χ3n) is 4.05. The van der Waals surface area contributed by atoms with E-state index < -0.39 is 0 Å². The van der Waals surface area contributed by atoms with Gasteiger partial charge in [-0.25, -0.2) is 4.98 Å². The highest BCUT2D eigenvalue weighted by atomic mass is 79.9. The lowest BCUT2D eigenvalue weighted by Crippen LogP contribution is -2.14. The van der Waals surface area contributed by atoms with Crippen LogP contribution >= 0.6 is 39.5 Å². The minimum atomic E-state index is -0.101. The van der Waals surface area contributed by atoms with Crippen LogP contribution in [0.15, 0.2) is 98.3 Å². The van der Waals surface area contributed by atoms with Gasteiger partial charge in [-0.2, -0.15) is 0 Å². The maximum absolute atomic E-state index is 12.5. The van der Waals surface area contributed by atoms with Gasteiger partial charge < -0.3 is 5.32 Å². The Labute approximate surface area is 191 Å². The molecule has 0 aliphatic rings. The summed E-state index contributed by atoms with van der Waals surface area (Å²) in [7, 11) is 0. The predicted octanol–water partition coefficient (Wildman–Crippen LogP) is 6.12. The molecule has 0 atom stereocenters. The van der Waals surface area contributed by atoms with Crippen LogP contribution in [-0.4, -0.2) is 26.8 Å². The first-order valence-electron chi connectivity index (χ1n) is 9.10. The van der Waals surface area contributed by atoms with Gasteiger partial charge in [-0.3, -0.25) is 9.89 Å². The number of aromatic nitrogens is 3. The molecule has 1 aromatic heterocycles. The second-order valence-corrected chi connectivity index (χ2v) is 9.20. The molecule has 5 nitrogen and oxygen atoms in total. The monoisotopic (exact) mass is 496 g/mol. The van der Waals surface area contributed by atoms with Crippen molar-refractivity contribution >= 4 is 51.0 Å². The van der Waals surface area contributed by atoms with Crippen LogP contribution in [0.2, 0.25) is 0 Å². The van der Waals surface area contributed by atoms with E-state index in [1.165, 1.54) is 11.8 Å². The van der Waals surface area contributed by atoms with Gasteiger partial charge in [-0.05, 0) is 36.4 Å². The Bertz CT molecular complexity index is 1130. The Morgan fingerprint density at radius 3 is 2.50 bits per heavy atom. The fraction of sp³-hybridized carbons (Fsp3) is 0.0455. The Balaban J connectivity index is 1.36. The number of carbonyl (C=O) groups excluding carboxylic acids is 1. The average molecular weight is 497 g/mol. The molecular weight excluding hydrogens is 480 g/mol. The molecule has 0 radical (unpaired) electrons. The highest BCUT2D eigenvalue weighted by Crippen LogP contribution is 2.33. The molecule has 30 heavy (non-hydrogen) atoms. The summed E-state index contributed by atoms with van der Waals surface area (Å²) in [5.41, 5.74) is 1.73. The second-order valence-electron chi connectivity index (χ2n) is 6.22. The smallest absolute Gasteiger partial charge is 0.234 e. The number of para-hydroxylation sites is 1. The largest absolute Gasteiger partial charge is 0.324 e. The first-order chi connectivity index (χ1) is 14.7. The van der Waals surface area contributed by atoms with Crippen molar-refractivity contribution in [1.29, 1.82) is 0 Å². The molecule has 1 amide bonds. The maximum atomic E-state index is 12.5. The number of nitrogens with one attached hydrogen (secondary N) is 2. The summed E-state index contributed by atoms with van der Waals surface area (Å²) < 4.78 is 1.00. The van der Waals surface area contributed by atoms with E-state index in [9.17, 15) is 4.79 Å². The molecule has 0 fully saturated rings. The van der Waals surface area contributed by atoms with Crippen molar-refractivity contribution in [2.24, 2.45) is 0 Å². The molecule has 0 aliphatic carbocycles. The van der Waals surface area contributed by atoms with Crippen LogP contribution in [0.3, 0.4) is 0 Å². The Morgan fingerprint density at radius 1 is 0.967 bits per heavy atom. The Morgan fingerprint density at radius 2 is 1.70 bits per heavy atom. The maximum Gasteiger partial charge on any atom is 0.234 e. The number of hydrogen-bond acceptors (Lipinski definition) is 5. The summed E-state index contributed by atoms with van der Waals surface area (Å²) in [6.07, 6.45) is 0. The molecule has 8 heteroatoms. The van der Waals surface area contributed by atoms with E-state index in [1.807, 2.05) is 78.9 Å². The zero-order valence-electron chi connectivity index (χ0n) is 15.7. The number of anilines is 1. The van der Waals surface area contributed by atoms with Crippen LogP contribution in [0.5, 0.6) is 0 Å². The van der Waals surface area contributed by atoms with E-state index in [0.29, 0.717) is 11.0 Å². The topological polar surface area (TPSA) is 70.7 Å². The Kier molecular flexibility index (Phi) is 6.88. The minimum Gasteiger partial charge on any atom is -0.324 e. The van der Waals surface area contributed by atoms with E-state index in [2.05, 4.69) is 36.4 Å². The van der Waals surface area contributed by atoms with Crippen molar-refractivity contribution in [2.45, 2.75) is 14.9 Å². The number of carbonyl (C=O) groups is 1. The normalized spacial score (nSPS) is 10.7. The van der Waals surface area contributed by atoms with Crippen LogP contribution in [0.25, 0.3) is 11.4 Å². The van der Waals surface area contributed by atoms with Crippen LogP contribution in [0.4, 0.5) is 5.69 Å². The first kappa shape index (κ1) is 20.7. The van der Waals surface area contributed by atoms with Gasteiger partial charge in [0, 0.05) is 19.8 Å². The zero-order valence-corrected chi connectivity index (χ0v) is 18.9. The van der Waals surface area contributed by atoms with E-state index in [4.69, 9.17) is 0 Å². The zero-order chi connectivity index (χ0) is 20.8. The van der Waals surface area contributed by atoms with Crippen molar-refractivity contribution in [2.75, 3.05) is 11.1 Å². The highest BCUT2D eigenvalue weighted by Gasteiger charge is 2.11. The second kappa shape index (κ2) is 9.97.